The third-order valence-corrected chi connectivity index (χ3v) is 2.14. The number of hydrogen-bond donors (Lipinski definition) is 2. The molecule has 0 aromatic carbocycles. The molecule has 1 aromatic rings. The number of carbonyl (C=O) groups is 1. The molecule has 0 fully saturated rings. The van der Waals surface area contributed by atoms with Gasteiger partial charge in [-0.15, -0.1) is 0 Å². The first kappa shape index (κ1) is 10.8. The number of primary amides is 1. The molecule has 0 radical (unpaired) electrons. The van der Waals surface area contributed by atoms with Crippen molar-refractivity contribution in [2.75, 3.05) is 0 Å². The van der Waals surface area contributed by atoms with Crippen LogP contribution in [0.15, 0.2) is 15.5 Å². The first-order chi connectivity index (χ1) is 6.43. The molecule has 0 atom stereocenters. The van der Waals surface area contributed by atoms with Gasteiger partial charge in [0, 0.05) is 6.07 Å². The maximum Gasteiger partial charge on any atom is 0.267 e. The van der Waals surface area contributed by atoms with E-state index >= 15 is 0 Å². The number of pyridine rings is 1. The maximum atomic E-state index is 12.4. The molecule has 0 aliphatic heterocycles. The number of nitrogens with one attached hydrogen (secondary N) is 1. The highest BCUT2D eigenvalue weighted by Gasteiger charge is 2.21. The van der Waals surface area contributed by atoms with E-state index in [0.717, 1.165) is 6.07 Å². The molecule has 0 saturated carbocycles. The Morgan fingerprint density at radius 2 is 2.14 bits per heavy atom. The third-order valence-electron chi connectivity index (χ3n) is 1.52. The molecule has 1 aromatic heterocycles. The molecule has 0 aliphatic carbocycles. The second-order valence-corrected chi connectivity index (χ2v) is 3.23. The van der Waals surface area contributed by atoms with Crippen molar-refractivity contribution in [1.82, 2.24) is 4.98 Å². The number of H-pyrrole nitrogens is 1. The number of hydrogen-bond acceptors (Lipinski definition) is 2. The van der Waals surface area contributed by atoms with Gasteiger partial charge >= 0.3 is 0 Å². The molecule has 1 amide bonds. The summed E-state index contributed by atoms with van der Waals surface area (Å²) in [6, 6.07) is 0.745. The van der Waals surface area contributed by atoms with Gasteiger partial charge in [-0.2, -0.15) is 0 Å². The zero-order chi connectivity index (χ0) is 10.9. The van der Waals surface area contributed by atoms with Crippen molar-refractivity contribution in [2.45, 2.75) is 6.43 Å². The van der Waals surface area contributed by atoms with Crippen molar-refractivity contribution < 1.29 is 13.6 Å². The van der Waals surface area contributed by atoms with E-state index in [-0.39, 0.29) is 4.60 Å². The monoisotopic (exact) mass is 266 g/mol. The smallest absolute Gasteiger partial charge is 0.267 e. The van der Waals surface area contributed by atoms with Crippen LogP contribution in [0.25, 0.3) is 0 Å². The molecule has 1 heterocycles. The van der Waals surface area contributed by atoms with Crippen molar-refractivity contribution in [2.24, 2.45) is 5.73 Å². The molecule has 1 rings (SSSR count). The summed E-state index contributed by atoms with van der Waals surface area (Å²) in [4.78, 5) is 23.7. The minimum atomic E-state index is -2.89. The van der Waals surface area contributed by atoms with Gasteiger partial charge < -0.3 is 10.7 Å². The molecule has 0 unspecified atom stereocenters. The normalized spacial score (nSPS) is 10.6. The Bertz CT molecular complexity index is 430. The fraction of sp³-hybridized carbons (Fsp3) is 0.143. The fourth-order valence-electron chi connectivity index (χ4n) is 0.956. The Labute approximate surface area is 85.2 Å². The molecule has 76 valence electrons. The molecule has 7 heteroatoms. The van der Waals surface area contributed by atoms with E-state index in [2.05, 4.69) is 20.9 Å². The first-order valence-corrected chi connectivity index (χ1v) is 4.23. The van der Waals surface area contributed by atoms with Crippen molar-refractivity contribution >= 4 is 21.8 Å². The van der Waals surface area contributed by atoms with Gasteiger partial charge in [0.05, 0.1) is 15.7 Å². The highest BCUT2D eigenvalue weighted by molar-refractivity contribution is 9.10. The summed E-state index contributed by atoms with van der Waals surface area (Å²) >= 11 is 2.72. The van der Waals surface area contributed by atoms with Crippen LogP contribution in [0.3, 0.4) is 0 Å². The molecular weight excluding hydrogens is 262 g/mol. The Hall–Kier alpha value is -1.24. The molecule has 14 heavy (non-hydrogen) atoms. The van der Waals surface area contributed by atoms with Gasteiger partial charge in [-0.1, -0.05) is 0 Å². The van der Waals surface area contributed by atoms with Gasteiger partial charge in [-0.3, -0.25) is 9.59 Å². The standard InChI is InChI=1S/C7H5BrF2N2O2/c8-5-4(6(9)10)2(7(11)14)1-3(13)12-5/h1,6H,(H2,11,14)(H,12,13). The van der Waals surface area contributed by atoms with Crippen LogP contribution >= 0.6 is 15.9 Å². The summed E-state index contributed by atoms with van der Waals surface area (Å²) in [5.74, 6) is -1.06. The average Bonchev–Trinajstić information content (AvgIpc) is 2.01. The van der Waals surface area contributed by atoms with Crippen LogP contribution in [0.1, 0.15) is 22.3 Å². The maximum absolute atomic E-state index is 12.4. The number of aromatic nitrogens is 1. The van der Waals surface area contributed by atoms with Crippen LogP contribution in [0.4, 0.5) is 8.78 Å². The number of rotatable bonds is 2. The lowest BCUT2D eigenvalue weighted by molar-refractivity contribution is 0.0985. The van der Waals surface area contributed by atoms with Gasteiger partial charge in [0.25, 0.3) is 6.43 Å². The van der Waals surface area contributed by atoms with Crippen molar-refractivity contribution in [3.8, 4) is 0 Å². The molecule has 0 bridgehead atoms. The van der Waals surface area contributed by atoms with E-state index in [4.69, 9.17) is 5.73 Å². The highest BCUT2D eigenvalue weighted by Crippen LogP contribution is 2.27. The minimum absolute atomic E-state index is 0.228. The second-order valence-electron chi connectivity index (χ2n) is 2.44. The van der Waals surface area contributed by atoms with E-state index < -0.39 is 29.0 Å². The van der Waals surface area contributed by atoms with Gasteiger partial charge in [0.15, 0.2) is 0 Å². The number of amides is 1. The van der Waals surface area contributed by atoms with Crippen LogP contribution < -0.4 is 11.3 Å². The minimum Gasteiger partial charge on any atom is -0.366 e. The van der Waals surface area contributed by atoms with Crippen LogP contribution in [0, 0.1) is 0 Å². The topological polar surface area (TPSA) is 76.0 Å². The van der Waals surface area contributed by atoms with Crippen LogP contribution in [0.5, 0.6) is 0 Å². The van der Waals surface area contributed by atoms with Gasteiger partial charge in [-0.25, -0.2) is 8.78 Å². The summed E-state index contributed by atoms with van der Waals surface area (Å²) in [5.41, 5.74) is 3.10. The molecule has 0 saturated heterocycles. The molecule has 3 N–H and O–H groups in total. The quantitative estimate of drug-likeness (QED) is 0.789. The predicted octanol–water partition coefficient (Wildman–Crippen LogP) is 1.17. The first-order valence-electron chi connectivity index (χ1n) is 3.44. The number of carbonyl (C=O) groups excluding carboxylic acids is 1. The van der Waals surface area contributed by atoms with E-state index in [1.807, 2.05) is 0 Å². The highest BCUT2D eigenvalue weighted by atomic mass is 79.9. The SMILES string of the molecule is NC(=O)c1cc(=O)[nH]c(Br)c1C(F)F. The lowest BCUT2D eigenvalue weighted by atomic mass is 10.1. The third kappa shape index (κ3) is 1.98. The largest absolute Gasteiger partial charge is 0.366 e. The Morgan fingerprint density at radius 3 is 2.57 bits per heavy atom. The fourth-order valence-corrected chi connectivity index (χ4v) is 1.54. The Balaban J connectivity index is 3.52. The van der Waals surface area contributed by atoms with E-state index in [9.17, 15) is 18.4 Å². The summed E-state index contributed by atoms with van der Waals surface area (Å²) in [6.07, 6.45) is -2.89. The van der Waals surface area contributed by atoms with Gasteiger partial charge in [0.2, 0.25) is 11.5 Å². The van der Waals surface area contributed by atoms with Crippen molar-refractivity contribution in [3.63, 3.8) is 0 Å². The second kappa shape index (κ2) is 3.87. The zero-order valence-electron chi connectivity index (χ0n) is 6.68. The number of aromatic amines is 1. The summed E-state index contributed by atoms with van der Waals surface area (Å²) in [6.45, 7) is 0. The molecule has 4 nitrogen and oxygen atoms in total. The van der Waals surface area contributed by atoms with Gasteiger partial charge in [-0.05, 0) is 15.9 Å². The summed E-state index contributed by atoms with van der Waals surface area (Å²) in [5, 5.41) is 0. The summed E-state index contributed by atoms with van der Waals surface area (Å²) < 4.78 is 24.6. The number of alkyl halides is 2. The lowest BCUT2D eigenvalue weighted by Gasteiger charge is -2.06. The summed E-state index contributed by atoms with van der Waals surface area (Å²) in [7, 11) is 0. The molecular formula is C7H5BrF2N2O2. The zero-order valence-corrected chi connectivity index (χ0v) is 8.27. The average molecular weight is 267 g/mol. The Kier molecular flexibility index (Phi) is 3.00. The van der Waals surface area contributed by atoms with Gasteiger partial charge in [0.1, 0.15) is 0 Å². The van der Waals surface area contributed by atoms with Crippen molar-refractivity contribution in [3.05, 3.63) is 32.2 Å². The molecule has 0 aliphatic rings. The van der Waals surface area contributed by atoms with E-state index in [1.165, 1.54) is 0 Å². The molecule has 0 spiro atoms. The number of nitrogens with two attached hydrogens (primary N) is 1. The van der Waals surface area contributed by atoms with Crippen LogP contribution in [-0.4, -0.2) is 10.9 Å². The van der Waals surface area contributed by atoms with Crippen LogP contribution in [0.2, 0.25) is 0 Å². The van der Waals surface area contributed by atoms with E-state index in [0.29, 0.717) is 0 Å². The number of halogens is 3. The van der Waals surface area contributed by atoms with Crippen LogP contribution in [-0.2, 0) is 0 Å². The van der Waals surface area contributed by atoms with Crippen molar-refractivity contribution in [1.29, 1.82) is 0 Å². The van der Waals surface area contributed by atoms with E-state index in [1.54, 1.807) is 0 Å². The lowest BCUT2D eigenvalue weighted by Crippen LogP contribution is -2.19. The predicted molar refractivity (Wildman–Crippen MR) is 48.2 cm³/mol. The Morgan fingerprint density at radius 1 is 1.57 bits per heavy atom.